The Labute approximate surface area is 62.6 Å². The molecule has 4 N–H and O–H groups in total. The van der Waals surface area contributed by atoms with Gasteiger partial charge in [0.1, 0.15) is 0 Å². The van der Waals surface area contributed by atoms with Crippen LogP contribution in [0.15, 0.2) is 12.4 Å². The highest BCUT2D eigenvalue weighted by Crippen LogP contribution is 2.05. The summed E-state index contributed by atoms with van der Waals surface area (Å²) in [6.45, 7) is 6.30. The monoisotopic (exact) mass is 143 g/mol. The maximum absolute atomic E-state index is 5.60. The number of hydrogen-bond acceptors (Lipinski definition) is 3. The normalized spacial score (nSPS) is 14.5. The zero-order valence-corrected chi connectivity index (χ0v) is 6.91. The second-order valence-corrected chi connectivity index (χ2v) is 2.77. The summed E-state index contributed by atoms with van der Waals surface area (Å²) in [5.41, 5.74) is 5.17. The largest absolute Gasteiger partial charge is 0.403 e. The highest BCUT2D eigenvalue weighted by molar-refractivity contribution is 4.78. The van der Waals surface area contributed by atoms with Crippen LogP contribution in [0, 0.1) is 5.92 Å². The minimum absolute atomic E-state index is 0.333. The van der Waals surface area contributed by atoms with Gasteiger partial charge in [-0.3, -0.25) is 0 Å². The SMILES string of the molecule is CC(C)C(C)N(N)/C=C\N. The molecule has 1 unspecified atom stereocenters. The molecule has 60 valence electrons. The fourth-order valence-electron chi connectivity index (χ4n) is 0.579. The predicted octanol–water partition coefficient (Wildman–Crippen LogP) is 0.637. The first-order chi connectivity index (χ1) is 4.59. The van der Waals surface area contributed by atoms with Gasteiger partial charge in [-0.05, 0) is 12.8 Å². The third kappa shape index (κ3) is 2.73. The second-order valence-electron chi connectivity index (χ2n) is 2.77. The molecule has 0 rings (SSSR count). The van der Waals surface area contributed by atoms with Crippen LogP contribution in [-0.2, 0) is 0 Å². The summed E-state index contributed by atoms with van der Waals surface area (Å²) >= 11 is 0. The Balaban J connectivity index is 3.81. The number of nitrogens with zero attached hydrogens (tertiary/aromatic N) is 1. The van der Waals surface area contributed by atoms with Crippen LogP contribution in [0.2, 0.25) is 0 Å². The summed E-state index contributed by atoms with van der Waals surface area (Å²) < 4.78 is 0. The number of nitrogens with two attached hydrogens (primary N) is 2. The molecule has 0 aromatic heterocycles. The maximum atomic E-state index is 5.60. The van der Waals surface area contributed by atoms with Gasteiger partial charge in [-0.2, -0.15) is 0 Å². The van der Waals surface area contributed by atoms with Crippen molar-refractivity contribution in [1.82, 2.24) is 5.01 Å². The molecule has 0 amide bonds. The van der Waals surface area contributed by atoms with Gasteiger partial charge in [-0.25, -0.2) is 5.84 Å². The molecule has 0 aromatic carbocycles. The summed E-state index contributed by atoms with van der Waals surface area (Å²) in [4.78, 5) is 0. The number of hydrogen-bond donors (Lipinski definition) is 2. The Bertz CT molecular complexity index is 109. The topological polar surface area (TPSA) is 55.3 Å². The molecule has 0 aliphatic heterocycles. The van der Waals surface area contributed by atoms with Crippen molar-refractivity contribution in [1.29, 1.82) is 0 Å². The van der Waals surface area contributed by atoms with Crippen LogP contribution in [0.4, 0.5) is 0 Å². The molecule has 0 aliphatic carbocycles. The van der Waals surface area contributed by atoms with Crippen molar-refractivity contribution in [3.05, 3.63) is 12.4 Å². The minimum Gasteiger partial charge on any atom is -0.403 e. The zero-order valence-electron chi connectivity index (χ0n) is 6.91. The average Bonchev–Trinajstić information content (AvgIpc) is 1.87. The van der Waals surface area contributed by atoms with E-state index in [4.69, 9.17) is 11.6 Å². The van der Waals surface area contributed by atoms with Crippen LogP contribution >= 0.6 is 0 Å². The molecule has 0 aromatic rings. The van der Waals surface area contributed by atoms with Gasteiger partial charge in [0.05, 0.1) is 0 Å². The summed E-state index contributed by atoms with van der Waals surface area (Å²) in [6, 6.07) is 0.333. The Morgan fingerprint density at radius 3 is 2.10 bits per heavy atom. The quantitative estimate of drug-likeness (QED) is 0.450. The number of rotatable bonds is 3. The lowest BCUT2D eigenvalue weighted by molar-refractivity contribution is 0.242. The Morgan fingerprint density at radius 2 is 1.80 bits per heavy atom. The third-order valence-corrected chi connectivity index (χ3v) is 1.69. The van der Waals surface area contributed by atoms with E-state index < -0.39 is 0 Å². The lowest BCUT2D eigenvalue weighted by Gasteiger charge is -2.25. The van der Waals surface area contributed by atoms with Gasteiger partial charge < -0.3 is 10.7 Å². The van der Waals surface area contributed by atoms with E-state index in [9.17, 15) is 0 Å². The molecular formula is C7H17N3. The van der Waals surface area contributed by atoms with E-state index in [-0.39, 0.29) is 0 Å². The van der Waals surface area contributed by atoms with Crippen molar-refractivity contribution in [3.63, 3.8) is 0 Å². The van der Waals surface area contributed by atoms with Crippen LogP contribution in [0.5, 0.6) is 0 Å². The van der Waals surface area contributed by atoms with Crippen molar-refractivity contribution in [2.75, 3.05) is 0 Å². The van der Waals surface area contributed by atoms with Gasteiger partial charge in [0, 0.05) is 18.4 Å². The van der Waals surface area contributed by atoms with Crippen LogP contribution in [0.25, 0.3) is 0 Å². The molecule has 10 heavy (non-hydrogen) atoms. The van der Waals surface area contributed by atoms with Crippen molar-refractivity contribution < 1.29 is 0 Å². The van der Waals surface area contributed by atoms with E-state index in [1.165, 1.54) is 6.20 Å². The van der Waals surface area contributed by atoms with E-state index in [0.29, 0.717) is 12.0 Å². The van der Waals surface area contributed by atoms with Gasteiger partial charge in [0.2, 0.25) is 0 Å². The summed E-state index contributed by atoms with van der Waals surface area (Å²) in [6.07, 6.45) is 3.11. The molecule has 3 nitrogen and oxygen atoms in total. The molecule has 0 fully saturated rings. The van der Waals surface area contributed by atoms with E-state index in [1.807, 2.05) is 0 Å². The highest BCUT2D eigenvalue weighted by atomic mass is 15.4. The lowest BCUT2D eigenvalue weighted by atomic mass is 10.1. The fourth-order valence-corrected chi connectivity index (χ4v) is 0.579. The van der Waals surface area contributed by atoms with Crippen LogP contribution in [0.3, 0.4) is 0 Å². The Morgan fingerprint density at radius 1 is 1.30 bits per heavy atom. The van der Waals surface area contributed by atoms with Crippen molar-refractivity contribution in [3.8, 4) is 0 Å². The molecule has 0 saturated carbocycles. The fraction of sp³-hybridized carbons (Fsp3) is 0.714. The van der Waals surface area contributed by atoms with E-state index in [0.717, 1.165) is 0 Å². The summed E-state index contributed by atoms with van der Waals surface area (Å²) in [5, 5.41) is 1.62. The zero-order chi connectivity index (χ0) is 8.15. The third-order valence-electron chi connectivity index (χ3n) is 1.69. The Kier molecular flexibility index (Phi) is 3.88. The molecule has 0 aliphatic rings. The molecule has 3 heteroatoms. The maximum Gasteiger partial charge on any atom is 0.0441 e. The first kappa shape index (κ1) is 9.30. The van der Waals surface area contributed by atoms with Crippen LogP contribution in [0.1, 0.15) is 20.8 Å². The summed E-state index contributed by atoms with van der Waals surface area (Å²) in [5.74, 6) is 6.14. The lowest BCUT2D eigenvalue weighted by Crippen LogP contribution is -2.37. The molecule has 0 radical (unpaired) electrons. The molecular weight excluding hydrogens is 126 g/mol. The van der Waals surface area contributed by atoms with Gasteiger partial charge in [0.25, 0.3) is 0 Å². The van der Waals surface area contributed by atoms with Gasteiger partial charge in [-0.1, -0.05) is 13.8 Å². The molecule has 0 bridgehead atoms. The van der Waals surface area contributed by atoms with Crippen molar-refractivity contribution in [2.45, 2.75) is 26.8 Å². The van der Waals surface area contributed by atoms with Gasteiger partial charge in [0.15, 0.2) is 0 Å². The number of hydrazine groups is 1. The highest BCUT2D eigenvalue weighted by Gasteiger charge is 2.09. The smallest absolute Gasteiger partial charge is 0.0441 e. The minimum atomic E-state index is 0.333. The Hall–Kier alpha value is -0.700. The first-order valence-corrected chi connectivity index (χ1v) is 3.51. The first-order valence-electron chi connectivity index (χ1n) is 3.51. The molecule has 1 atom stereocenters. The van der Waals surface area contributed by atoms with Crippen molar-refractivity contribution in [2.24, 2.45) is 17.5 Å². The van der Waals surface area contributed by atoms with E-state index in [1.54, 1.807) is 11.2 Å². The molecule has 0 spiro atoms. The van der Waals surface area contributed by atoms with Crippen LogP contribution in [-0.4, -0.2) is 11.1 Å². The average molecular weight is 143 g/mol. The van der Waals surface area contributed by atoms with Gasteiger partial charge >= 0.3 is 0 Å². The van der Waals surface area contributed by atoms with Gasteiger partial charge in [-0.15, -0.1) is 0 Å². The van der Waals surface area contributed by atoms with Crippen LogP contribution < -0.4 is 11.6 Å². The second kappa shape index (κ2) is 4.17. The standard InChI is InChI=1S/C7H17N3/c1-6(2)7(3)10(9)5-4-8/h4-7H,8-9H2,1-3H3/b5-4-. The molecule has 0 heterocycles. The summed E-state index contributed by atoms with van der Waals surface area (Å²) in [7, 11) is 0. The van der Waals surface area contributed by atoms with E-state index in [2.05, 4.69) is 20.8 Å². The van der Waals surface area contributed by atoms with Crippen molar-refractivity contribution >= 4 is 0 Å². The predicted molar refractivity (Wildman–Crippen MR) is 43.7 cm³/mol. The molecule has 0 saturated heterocycles. The van der Waals surface area contributed by atoms with E-state index >= 15 is 0 Å².